The van der Waals surface area contributed by atoms with E-state index in [1.54, 1.807) is 31.4 Å². The van der Waals surface area contributed by atoms with Gasteiger partial charge in [0.15, 0.2) is 0 Å². The summed E-state index contributed by atoms with van der Waals surface area (Å²) in [5, 5.41) is 14.2. The Bertz CT molecular complexity index is 643. The van der Waals surface area contributed by atoms with Crippen LogP contribution in [0, 0.1) is 10.1 Å². The number of nitrogens with zero attached hydrogens (tertiary/aromatic N) is 1. The van der Waals surface area contributed by atoms with E-state index in [0.717, 1.165) is 0 Å². The third-order valence-electron chi connectivity index (χ3n) is 2.83. The molecule has 0 radical (unpaired) electrons. The van der Waals surface area contributed by atoms with Crippen LogP contribution in [0.2, 0.25) is 0 Å². The summed E-state index contributed by atoms with van der Waals surface area (Å²) < 4.78 is 10.4. The zero-order chi connectivity index (χ0) is 15.2. The van der Waals surface area contributed by atoms with Gasteiger partial charge in [0.05, 0.1) is 24.7 Å². The van der Waals surface area contributed by atoms with E-state index in [0.29, 0.717) is 29.5 Å². The van der Waals surface area contributed by atoms with Crippen molar-refractivity contribution >= 4 is 17.1 Å². The summed E-state index contributed by atoms with van der Waals surface area (Å²) in [6, 6.07) is 11.9. The molecule has 21 heavy (non-hydrogen) atoms. The van der Waals surface area contributed by atoms with E-state index in [2.05, 4.69) is 5.32 Å². The highest BCUT2D eigenvalue weighted by molar-refractivity contribution is 5.71. The molecule has 0 spiro atoms. The van der Waals surface area contributed by atoms with Gasteiger partial charge in [-0.15, -0.1) is 0 Å². The minimum atomic E-state index is -0.439. The number of nitrogens with one attached hydrogen (secondary N) is 1. The van der Waals surface area contributed by atoms with E-state index >= 15 is 0 Å². The van der Waals surface area contributed by atoms with Gasteiger partial charge in [0.25, 0.3) is 5.69 Å². The lowest BCUT2D eigenvalue weighted by Gasteiger charge is -2.10. The topological polar surface area (TPSA) is 73.6 Å². The fourth-order valence-electron chi connectivity index (χ4n) is 1.88. The standard InChI is InChI=1S/C15H16N2O4/c1-3-21-13-7-8-14(15(10-13)17(18)19)16-11-5-4-6-12(9-11)20-2/h4-10,16H,3H2,1-2H3. The van der Waals surface area contributed by atoms with Gasteiger partial charge in [0.1, 0.15) is 17.2 Å². The van der Waals surface area contributed by atoms with Crippen molar-refractivity contribution in [3.05, 3.63) is 52.6 Å². The number of benzene rings is 2. The molecular formula is C15H16N2O4. The van der Waals surface area contributed by atoms with Gasteiger partial charge in [-0.25, -0.2) is 0 Å². The molecular weight excluding hydrogens is 272 g/mol. The van der Waals surface area contributed by atoms with Crippen molar-refractivity contribution in [3.8, 4) is 11.5 Å². The van der Waals surface area contributed by atoms with Gasteiger partial charge in [0, 0.05) is 11.8 Å². The lowest BCUT2D eigenvalue weighted by Crippen LogP contribution is -1.99. The van der Waals surface area contributed by atoms with Crippen molar-refractivity contribution in [1.29, 1.82) is 0 Å². The number of hydrogen-bond acceptors (Lipinski definition) is 5. The Morgan fingerprint density at radius 2 is 2.00 bits per heavy atom. The largest absolute Gasteiger partial charge is 0.497 e. The molecule has 0 heterocycles. The number of anilines is 2. The second-order valence-corrected chi connectivity index (χ2v) is 4.23. The normalized spacial score (nSPS) is 10.0. The van der Waals surface area contributed by atoms with Gasteiger partial charge in [0.2, 0.25) is 0 Å². The zero-order valence-corrected chi connectivity index (χ0v) is 11.8. The Hall–Kier alpha value is -2.76. The maximum Gasteiger partial charge on any atom is 0.296 e. The predicted molar refractivity (Wildman–Crippen MR) is 80.5 cm³/mol. The Kier molecular flexibility index (Phi) is 4.61. The molecule has 0 aliphatic carbocycles. The number of methoxy groups -OCH3 is 1. The smallest absolute Gasteiger partial charge is 0.296 e. The molecule has 2 rings (SSSR count). The van der Waals surface area contributed by atoms with Gasteiger partial charge in [-0.1, -0.05) is 6.07 Å². The van der Waals surface area contributed by atoms with Crippen LogP contribution >= 0.6 is 0 Å². The molecule has 2 aromatic carbocycles. The summed E-state index contributed by atoms with van der Waals surface area (Å²) >= 11 is 0. The van der Waals surface area contributed by atoms with Gasteiger partial charge in [-0.3, -0.25) is 10.1 Å². The monoisotopic (exact) mass is 288 g/mol. The Labute approximate surface area is 122 Å². The van der Waals surface area contributed by atoms with E-state index in [-0.39, 0.29) is 5.69 Å². The van der Waals surface area contributed by atoms with E-state index in [1.165, 1.54) is 6.07 Å². The van der Waals surface area contributed by atoms with Crippen LogP contribution in [0.5, 0.6) is 11.5 Å². The van der Waals surface area contributed by atoms with Gasteiger partial charge in [-0.2, -0.15) is 0 Å². The molecule has 6 nitrogen and oxygen atoms in total. The van der Waals surface area contributed by atoms with Crippen LogP contribution in [0.4, 0.5) is 17.1 Å². The molecule has 0 aliphatic rings. The fourth-order valence-corrected chi connectivity index (χ4v) is 1.88. The summed E-state index contributed by atoms with van der Waals surface area (Å²) in [5.74, 6) is 1.15. The van der Waals surface area contributed by atoms with Crippen LogP contribution in [0.15, 0.2) is 42.5 Å². The van der Waals surface area contributed by atoms with Gasteiger partial charge in [-0.05, 0) is 31.2 Å². The maximum absolute atomic E-state index is 11.2. The summed E-state index contributed by atoms with van der Waals surface area (Å²) in [5.41, 5.74) is 1.07. The number of hydrogen-bond donors (Lipinski definition) is 1. The molecule has 6 heteroatoms. The van der Waals surface area contributed by atoms with Crippen LogP contribution < -0.4 is 14.8 Å². The number of ether oxygens (including phenoxy) is 2. The quantitative estimate of drug-likeness (QED) is 0.647. The van der Waals surface area contributed by atoms with Gasteiger partial charge >= 0.3 is 0 Å². The molecule has 110 valence electrons. The fraction of sp³-hybridized carbons (Fsp3) is 0.200. The highest BCUT2D eigenvalue weighted by Crippen LogP contribution is 2.32. The maximum atomic E-state index is 11.2. The predicted octanol–water partition coefficient (Wildman–Crippen LogP) is 3.75. The second-order valence-electron chi connectivity index (χ2n) is 4.23. The molecule has 0 amide bonds. The highest BCUT2D eigenvalue weighted by atomic mass is 16.6. The Balaban J connectivity index is 2.32. The second kappa shape index (κ2) is 6.60. The first kappa shape index (κ1) is 14.6. The summed E-state index contributed by atoms with van der Waals surface area (Å²) in [4.78, 5) is 10.7. The summed E-state index contributed by atoms with van der Waals surface area (Å²) in [6.07, 6.45) is 0. The third-order valence-corrected chi connectivity index (χ3v) is 2.83. The van der Waals surface area contributed by atoms with E-state index < -0.39 is 4.92 Å². The number of nitro groups is 1. The summed E-state index contributed by atoms with van der Waals surface area (Å²) in [7, 11) is 1.57. The molecule has 0 aromatic heterocycles. The molecule has 0 fully saturated rings. The first-order valence-electron chi connectivity index (χ1n) is 6.46. The van der Waals surface area contributed by atoms with Crippen molar-refractivity contribution in [3.63, 3.8) is 0 Å². The average Bonchev–Trinajstić information content (AvgIpc) is 2.49. The van der Waals surface area contributed by atoms with Crippen molar-refractivity contribution in [2.75, 3.05) is 19.0 Å². The molecule has 1 N–H and O–H groups in total. The van der Waals surface area contributed by atoms with Crippen LogP contribution in [0.25, 0.3) is 0 Å². The van der Waals surface area contributed by atoms with Crippen molar-refractivity contribution in [2.45, 2.75) is 6.92 Å². The number of nitro benzene ring substituents is 1. The van der Waals surface area contributed by atoms with Crippen LogP contribution in [-0.4, -0.2) is 18.6 Å². The van der Waals surface area contributed by atoms with Crippen molar-refractivity contribution in [1.82, 2.24) is 0 Å². The van der Waals surface area contributed by atoms with E-state index in [4.69, 9.17) is 9.47 Å². The van der Waals surface area contributed by atoms with Crippen molar-refractivity contribution in [2.24, 2.45) is 0 Å². The minimum absolute atomic E-state index is 0.0382. The van der Waals surface area contributed by atoms with E-state index in [9.17, 15) is 10.1 Å². The Morgan fingerprint density at radius 3 is 2.67 bits per heavy atom. The van der Waals surface area contributed by atoms with Crippen LogP contribution in [0.3, 0.4) is 0 Å². The molecule has 0 saturated heterocycles. The summed E-state index contributed by atoms with van der Waals surface area (Å²) in [6.45, 7) is 2.29. The van der Waals surface area contributed by atoms with Gasteiger partial charge < -0.3 is 14.8 Å². The van der Waals surface area contributed by atoms with E-state index in [1.807, 2.05) is 19.1 Å². The molecule has 0 atom stereocenters. The highest BCUT2D eigenvalue weighted by Gasteiger charge is 2.15. The first-order chi connectivity index (χ1) is 10.1. The number of rotatable bonds is 6. The molecule has 0 bridgehead atoms. The van der Waals surface area contributed by atoms with Crippen molar-refractivity contribution < 1.29 is 14.4 Å². The third kappa shape index (κ3) is 3.62. The molecule has 2 aromatic rings. The minimum Gasteiger partial charge on any atom is -0.497 e. The Morgan fingerprint density at radius 1 is 1.19 bits per heavy atom. The first-order valence-corrected chi connectivity index (χ1v) is 6.46. The van der Waals surface area contributed by atoms with Crippen LogP contribution in [0.1, 0.15) is 6.92 Å². The molecule has 0 aliphatic heterocycles. The molecule has 0 unspecified atom stereocenters. The van der Waals surface area contributed by atoms with Crippen LogP contribution in [-0.2, 0) is 0 Å². The average molecular weight is 288 g/mol. The lowest BCUT2D eigenvalue weighted by molar-refractivity contribution is -0.384. The molecule has 0 saturated carbocycles. The SMILES string of the molecule is CCOc1ccc(Nc2cccc(OC)c2)c([N+](=O)[O-])c1. The zero-order valence-electron chi connectivity index (χ0n) is 11.8. The lowest BCUT2D eigenvalue weighted by atomic mass is 10.2.